The van der Waals surface area contributed by atoms with E-state index in [2.05, 4.69) is 25.9 Å². The first-order valence-corrected chi connectivity index (χ1v) is 7.70. The molecule has 108 valence electrons. The lowest BCUT2D eigenvalue weighted by molar-refractivity contribution is 0.414. The summed E-state index contributed by atoms with van der Waals surface area (Å²) in [6, 6.07) is 7.83. The number of nitrogens with zero attached hydrogens (tertiary/aromatic N) is 3. The Kier molecular flexibility index (Phi) is 3.87. The summed E-state index contributed by atoms with van der Waals surface area (Å²) in [4.78, 5) is 9.06. The number of hydrogen-bond acceptors (Lipinski definition) is 3. The van der Waals surface area contributed by atoms with E-state index in [9.17, 15) is 0 Å². The van der Waals surface area contributed by atoms with Gasteiger partial charge in [-0.2, -0.15) is 0 Å². The Balaban J connectivity index is 2.30. The monoisotopic (exact) mass is 365 g/mol. The van der Waals surface area contributed by atoms with Gasteiger partial charge in [-0.15, -0.1) is 11.6 Å². The molecule has 0 aliphatic rings. The quantitative estimate of drug-likeness (QED) is 0.651. The minimum Gasteiger partial charge on any atom is -0.497 e. The van der Waals surface area contributed by atoms with Crippen LogP contribution < -0.4 is 4.74 Å². The van der Waals surface area contributed by atoms with E-state index in [-0.39, 0.29) is 0 Å². The van der Waals surface area contributed by atoms with E-state index in [0.29, 0.717) is 5.88 Å². The van der Waals surface area contributed by atoms with Gasteiger partial charge in [0.05, 0.1) is 18.7 Å². The number of fused-ring (bicyclic) bond motifs is 1. The van der Waals surface area contributed by atoms with Crippen molar-refractivity contribution >= 4 is 38.7 Å². The SMILES string of the molecule is COc1cc(Br)cc(-n2c(CCl)nc3cc(C)cnc32)c1. The second-order valence-electron chi connectivity index (χ2n) is 4.70. The zero-order valence-corrected chi connectivity index (χ0v) is 13.9. The van der Waals surface area contributed by atoms with Crippen LogP contribution in [0.4, 0.5) is 0 Å². The molecule has 0 radical (unpaired) electrons. The van der Waals surface area contributed by atoms with Crippen LogP contribution in [0, 0.1) is 6.92 Å². The summed E-state index contributed by atoms with van der Waals surface area (Å²) in [5, 5.41) is 0. The molecule has 6 heteroatoms. The first-order valence-electron chi connectivity index (χ1n) is 6.37. The molecule has 0 amide bonds. The van der Waals surface area contributed by atoms with Crippen molar-refractivity contribution in [3.63, 3.8) is 0 Å². The van der Waals surface area contributed by atoms with E-state index >= 15 is 0 Å². The molecule has 21 heavy (non-hydrogen) atoms. The van der Waals surface area contributed by atoms with Crippen molar-refractivity contribution in [1.29, 1.82) is 0 Å². The number of rotatable bonds is 3. The highest BCUT2D eigenvalue weighted by Crippen LogP contribution is 2.28. The predicted octanol–water partition coefficient (Wildman–Crippen LogP) is 4.24. The molecule has 2 heterocycles. The topological polar surface area (TPSA) is 39.9 Å². The van der Waals surface area contributed by atoms with Crippen LogP contribution in [0.3, 0.4) is 0 Å². The zero-order chi connectivity index (χ0) is 15.0. The first kappa shape index (κ1) is 14.4. The smallest absolute Gasteiger partial charge is 0.164 e. The van der Waals surface area contributed by atoms with Crippen LogP contribution in [0.15, 0.2) is 34.9 Å². The maximum atomic E-state index is 6.05. The number of methoxy groups -OCH3 is 1. The van der Waals surface area contributed by atoms with Gasteiger partial charge >= 0.3 is 0 Å². The maximum Gasteiger partial charge on any atom is 0.164 e. The van der Waals surface area contributed by atoms with Crippen LogP contribution in [0.5, 0.6) is 5.75 Å². The number of imidazole rings is 1. The van der Waals surface area contributed by atoms with Gasteiger partial charge < -0.3 is 4.74 Å². The molecule has 0 atom stereocenters. The molecule has 4 nitrogen and oxygen atoms in total. The molecular weight excluding hydrogens is 354 g/mol. The predicted molar refractivity (Wildman–Crippen MR) is 87.4 cm³/mol. The van der Waals surface area contributed by atoms with Crippen LogP contribution in [-0.4, -0.2) is 21.6 Å². The summed E-state index contributed by atoms with van der Waals surface area (Å²) in [5.74, 6) is 1.82. The number of alkyl halides is 1. The highest BCUT2D eigenvalue weighted by molar-refractivity contribution is 9.10. The van der Waals surface area contributed by atoms with E-state index < -0.39 is 0 Å². The van der Waals surface area contributed by atoms with Gasteiger partial charge in [0.25, 0.3) is 0 Å². The van der Waals surface area contributed by atoms with Crippen molar-refractivity contribution in [2.24, 2.45) is 0 Å². The zero-order valence-electron chi connectivity index (χ0n) is 11.6. The molecule has 1 aromatic carbocycles. The fourth-order valence-corrected chi connectivity index (χ4v) is 2.91. The summed E-state index contributed by atoms with van der Waals surface area (Å²) >= 11 is 9.55. The Morgan fingerprint density at radius 1 is 1.29 bits per heavy atom. The van der Waals surface area contributed by atoms with Gasteiger partial charge in [-0.1, -0.05) is 15.9 Å². The third-order valence-corrected chi connectivity index (χ3v) is 3.87. The molecule has 0 fully saturated rings. The number of pyridine rings is 1. The highest BCUT2D eigenvalue weighted by atomic mass is 79.9. The minimum atomic E-state index is 0.310. The lowest BCUT2D eigenvalue weighted by atomic mass is 10.3. The maximum absolute atomic E-state index is 6.05. The van der Waals surface area contributed by atoms with E-state index in [1.54, 1.807) is 7.11 Å². The number of benzene rings is 1. The Labute approximate surface area is 135 Å². The fourth-order valence-electron chi connectivity index (χ4n) is 2.27. The average molecular weight is 367 g/mol. The van der Waals surface area contributed by atoms with Gasteiger partial charge in [-0.3, -0.25) is 4.57 Å². The summed E-state index contributed by atoms with van der Waals surface area (Å²) < 4.78 is 8.20. The fraction of sp³-hybridized carbons (Fsp3) is 0.200. The van der Waals surface area contributed by atoms with Crippen molar-refractivity contribution in [2.75, 3.05) is 7.11 Å². The van der Waals surface area contributed by atoms with Gasteiger partial charge in [0.15, 0.2) is 5.65 Å². The van der Waals surface area contributed by atoms with Crippen molar-refractivity contribution in [1.82, 2.24) is 14.5 Å². The average Bonchev–Trinajstić information content (AvgIpc) is 2.83. The van der Waals surface area contributed by atoms with Crippen molar-refractivity contribution < 1.29 is 4.74 Å². The molecule has 0 saturated heterocycles. The number of ether oxygens (including phenoxy) is 1. The molecule has 0 N–H and O–H groups in total. The molecule has 3 aromatic rings. The van der Waals surface area contributed by atoms with Gasteiger partial charge in [0, 0.05) is 16.7 Å². The van der Waals surface area contributed by atoms with Crippen LogP contribution in [0.25, 0.3) is 16.9 Å². The third-order valence-electron chi connectivity index (χ3n) is 3.17. The molecule has 0 unspecified atom stereocenters. The van der Waals surface area contributed by atoms with Gasteiger partial charge in [0.1, 0.15) is 17.1 Å². The molecular formula is C15H13BrClN3O. The summed E-state index contributed by atoms with van der Waals surface area (Å²) in [6.07, 6.45) is 1.83. The van der Waals surface area contributed by atoms with E-state index in [1.807, 2.05) is 42.0 Å². The number of halogens is 2. The van der Waals surface area contributed by atoms with E-state index in [1.165, 1.54) is 0 Å². The number of aryl methyl sites for hydroxylation is 1. The Hall–Kier alpha value is -1.59. The van der Waals surface area contributed by atoms with Crippen molar-refractivity contribution in [3.05, 3.63) is 46.3 Å². The second kappa shape index (κ2) is 5.66. The summed E-state index contributed by atoms with van der Waals surface area (Å²) in [6.45, 7) is 1.99. The lowest BCUT2D eigenvalue weighted by Crippen LogP contribution is -2.01. The molecule has 0 bridgehead atoms. The van der Waals surface area contributed by atoms with E-state index in [4.69, 9.17) is 16.3 Å². The second-order valence-corrected chi connectivity index (χ2v) is 5.88. The minimum absolute atomic E-state index is 0.310. The molecule has 2 aromatic heterocycles. The van der Waals surface area contributed by atoms with Crippen LogP contribution in [0.1, 0.15) is 11.4 Å². The summed E-state index contributed by atoms with van der Waals surface area (Å²) in [5.41, 5.74) is 3.61. The van der Waals surface area contributed by atoms with Crippen molar-refractivity contribution in [3.8, 4) is 11.4 Å². The third kappa shape index (κ3) is 2.63. The van der Waals surface area contributed by atoms with Gasteiger partial charge in [-0.25, -0.2) is 9.97 Å². The van der Waals surface area contributed by atoms with Crippen molar-refractivity contribution in [2.45, 2.75) is 12.8 Å². The molecule has 0 aliphatic carbocycles. The van der Waals surface area contributed by atoms with Crippen LogP contribution >= 0.6 is 27.5 Å². The van der Waals surface area contributed by atoms with Gasteiger partial charge in [-0.05, 0) is 30.7 Å². The Bertz CT molecular complexity index is 816. The largest absolute Gasteiger partial charge is 0.497 e. The number of hydrogen-bond donors (Lipinski definition) is 0. The standard InChI is InChI=1S/C15H13BrClN3O/c1-9-3-13-15(18-8-9)20(14(7-17)19-13)11-4-10(16)5-12(6-11)21-2/h3-6,8H,7H2,1-2H3. The molecule has 3 rings (SSSR count). The Morgan fingerprint density at radius 3 is 2.81 bits per heavy atom. The lowest BCUT2D eigenvalue weighted by Gasteiger charge is -2.10. The molecule has 0 spiro atoms. The van der Waals surface area contributed by atoms with E-state index in [0.717, 1.165) is 38.5 Å². The Morgan fingerprint density at radius 2 is 2.10 bits per heavy atom. The first-order chi connectivity index (χ1) is 10.1. The summed E-state index contributed by atoms with van der Waals surface area (Å²) in [7, 11) is 1.64. The molecule has 0 saturated carbocycles. The normalized spacial score (nSPS) is 11.0. The van der Waals surface area contributed by atoms with Gasteiger partial charge in [0.2, 0.25) is 0 Å². The highest BCUT2D eigenvalue weighted by Gasteiger charge is 2.14. The van der Waals surface area contributed by atoms with Crippen LogP contribution in [0.2, 0.25) is 0 Å². The number of aromatic nitrogens is 3. The molecule has 0 aliphatic heterocycles. The van der Waals surface area contributed by atoms with Crippen LogP contribution in [-0.2, 0) is 5.88 Å².